The summed E-state index contributed by atoms with van der Waals surface area (Å²) in [5.74, 6) is 0. The fraction of sp³-hybridized carbons (Fsp3) is 0.455. The Hall–Kier alpha value is -2.19. The molecule has 30 heavy (non-hydrogen) atoms. The Labute approximate surface area is 187 Å². The number of aromatic nitrogens is 2. The van der Waals surface area contributed by atoms with Gasteiger partial charge < -0.3 is 5.32 Å². The van der Waals surface area contributed by atoms with Gasteiger partial charge in [-0.2, -0.15) is 0 Å². The first-order valence-electron chi connectivity index (χ1n) is 10.5. The Bertz CT molecular complexity index is 880. The highest BCUT2D eigenvalue weighted by atomic mass is 32.2. The van der Waals surface area contributed by atoms with Crippen LogP contribution in [0.25, 0.3) is 0 Å². The minimum absolute atomic E-state index is 0.183. The number of rotatable bonds is 7. The van der Waals surface area contributed by atoms with E-state index in [0.29, 0.717) is 5.13 Å². The Morgan fingerprint density at radius 3 is 2.77 bits per heavy atom. The van der Waals surface area contributed by atoms with Gasteiger partial charge in [-0.1, -0.05) is 69.4 Å². The third-order valence-electron chi connectivity index (χ3n) is 4.39. The van der Waals surface area contributed by atoms with E-state index in [0.717, 1.165) is 40.6 Å². The molecule has 1 aromatic heterocycles. The van der Waals surface area contributed by atoms with Crippen LogP contribution >= 0.6 is 23.1 Å². The van der Waals surface area contributed by atoms with Gasteiger partial charge in [0.05, 0.1) is 0 Å². The van der Waals surface area contributed by atoms with Gasteiger partial charge in [0.25, 0.3) is 0 Å². The second-order valence-corrected chi connectivity index (χ2v) is 8.96. The van der Waals surface area contributed by atoms with Crippen LogP contribution < -0.4 is 10.6 Å². The topological polar surface area (TPSA) is 79.3 Å². The highest BCUT2D eigenvalue weighted by molar-refractivity contribution is 8.04. The average Bonchev–Trinajstić information content (AvgIpc) is 2.97. The fourth-order valence-corrected chi connectivity index (χ4v) is 4.76. The minimum atomic E-state index is -0.226. The first-order chi connectivity index (χ1) is 14.6. The zero-order valence-electron chi connectivity index (χ0n) is 18.4. The smallest absolute Gasteiger partial charge is 0.321 e. The number of nitrogens with one attached hydrogen (secondary N) is 2. The molecule has 0 aromatic carbocycles. The number of anilines is 1. The van der Waals surface area contributed by atoms with E-state index in [9.17, 15) is 4.79 Å². The summed E-state index contributed by atoms with van der Waals surface area (Å²) in [4.78, 5) is 17.8. The molecule has 2 amide bonds. The van der Waals surface area contributed by atoms with Gasteiger partial charge in [0.2, 0.25) is 5.13 Å². The number of thioether (sulfide) groups is 1. The van der Waals surface area contributed by atoms with Crippen molar-refractivity contribution in [2.24, 2.45) is 4.99 Å². The highest BCUT2D eigenvalue weighted by Gasteiger charge is 2.16. The van der Waals surface area contributed by atoms with Crippen molar-refractivity contribution in [3.63, 3.8) is 0 Å². The van der Waals surface area contributed by atoms with Crippen LogP contribution in [0.15, 0.2) is 55.9 Å². The predicted octanol–water partition coefficient (Wildman–Crippen LogP) is 6.49. The molecule has 0 saturated carbocycles. The second kappa shape index (κ2) is 12.5. The number of nitrogens with zero attached hydrogens (tertiary/aromatic N) is 3. The number of allylic oxidation sites excluding steroid dienone is 6. The molecule has 1 unspecified atom stereocenters. The predicted molar refractivity (Wildman–Crippen MR) is 129 cm³/mol. The molecule has 8 heteroatoms. The van der Waals surface area contributed by atoms with Gasteiger partial charge in [-0.15, -0.1) is 10.2 Å². The van der Waals surface area contributed by atoms with Crippen LogP contribution in [0, 0.1) is 0 Å². The molecule has 0 radical (unpaired) electrons. The molecular weight excluding hydrogens is 414 g/mol. The van der Waals surface area contributed by atoms with Gasteiger partial charge in [0.15, 0.2) is 4.34 Å². The van der Waals surface area contributed by atoms with E-state index in [1.165, 1.54) is 22.5 Å². The standard InChI is InChI=1S/C20H25N5OS2.C2H6/c1-4-6-15(5-2)22-18(26)23-19-24-25-20(28-19)27-17-9-10-21-16-11-13(3)7-8-14(17)12-16;1-2/h7-11,15H,4-6,12H2,1-3H3,(H2,22,23,24,26);1-2H3. The van der Waals surface area contributed by atoms with Crippen molar-refractivity contribution in [3.05, 3.63) is 46.6 Å². The molecule has 2 aliphatic rings. The van der Waals surface area contributed by atoms with Gasteiger partial charge in [-0.05, 0) is 43.1 Å². The third kappa shape index (κ3) is 7.25. The minimum Gasteiger partial charge on any atom is -0.335 e. The van der Waals surface area contributed by atoms with E-state index >= 15 is 0 Å². The molecule has 2 bridgehead atoms. The molecule has 0 fully saturated rings. The van der Waals surface area contributed by atoms with E-state index in [2.05, 4.69) is 64.8 Å². The molecule has 2 N–H and O–H groups in total. The largest absolute Gasteiger partial charge is 0.335 e. The number of carbonyl (C=O) groups is 1. The average molecular weight is 446 g/mol. The quantitative estimate of drug-likeness (QED) is 0.470. The molecule has 6 nitrogen and oxygen atoms in total. The Balaban J connectivity index is 0.00000155. The summed E-state index contributed by atoms with van der Waals surface area (Å²) in [5, 5.41) is 14.6. The summed E-state index contributed by atoms with van der Waals surface area (Å²) in [7, 11) is 0. The van der Waals surface area contributed by atoms with E-state index in [1.54, 1.807) is 11.8 Å². The van der Waals surface area contributed by atoms with Gasteiger partial charge in [-0.3, -0.25) is 10.3 Å². The number of aliphatic imine (C=N–C) groups is 1. The first-order valence-corrected chi connectivity index (χ1v) is 12.1. The SMILES string of the molecule is CC.CCCC(CC)NC(=O)Nc1nnc(SC2=C3C=CC(C)=CC(=NC=C2)C3)s1. The Kier molecular flexibility index (Phi) is 10.0. The summed E-state index contributed by atoms with van der Waals surface area (Å²) in [6.07, 6.45) is 13.9. The molecule has 1 aliphatic heterocycles. The van der Waals surface area contributed by atoms with Crippen molar-refractivity contribution >= 4 is 40.0 Å². The monoisotopic (exact) mass is 445 g/mol. The summed E-state index contributed by atoms with van der Waals surface area (Å²) >= 11 is 2.92. The molecule has 2 heterocycles. The lowest BCUT2D eigenvalue weighted by Crippen LogP contribution is -2.37. The zero-order valence-corrected chi connectivity index (χ0v) is 20.0. The van der Waals surface area contributed by atoms with Crippen LogP contribution in [0.1, 0.15) is 60.3 Å². The maximum Gasteiger partial charge on any atom is 0.321 e. The van der Waals surface area contributed by atoms with Crippen molar-refractivity contribution in [2.75, 3.05) is 5.32 Å². The van der Waals surface area contributed by atoms with Gasteiger partial charge in [0.1, 0.15) is 0 Å². The number of urea groups is 1. The van der Waals surface area contributed by atoms with Crippen molar-refractivity contribution < 1.29 is 4.79 Å². The lowest BCUT2D eigenvalue weighted by Gasteiger charge is -2.15. The van der Waals surface area contributed by atoms with E-state index in [4.69, 9.17) is 0 Å². The van der Waals surface area contributed by atoms with Crippen molar-refractivity contribution in [3.8, 4) is 0 Å². The molecule has 0 spiro atoms. The van der Waals surface area contributed by atoms with Crippen molar-refractivity contribution in [1.82, 2.24) is 15.5 Å². The second-order valence-electron chi connectivity index (χ2n) is 6.69. The molecule has 162 valence electrons. The molecule has 3 rings (SSSR count). The number of hydrogen-bond acceptors (Lipinski definition) is 6. The van der Waals surface area contributed by atoms with E-state index < -0.39 is 0 Å². The fourth-order valence-electron chi connectivity index (χ4n) is 2.95. The van der Waals surface area contributed by atoms with Gasteiger partial charge in [0, 0.05) is 29.3 Å². The lowest BCUT2D eigenvalue weighted by molar-refractivity contribution is 0.247. The summed E-state index contributed by atoms with van der Waals surface area (Å²) < 4.78 is 0.786. The lowest BCUT2D eigenvalue weighted by atomic mass is 10.1. The summed E-state index contributed by atoms with van der Waals surface area (Å²) in [6, 6.07) is -0.0428. The molecular formula is C22H31N5OS2. The summed E-state index contributed by atoms with van der Waals surface area (Å²) in [5.41, 5.74) is 3.45. The molecule has 1 atom stereocenters. The van der Waals surface area contributed by atoms with Crippen LogP contribution in [-0.2, 0) is 0 Å². The number of carbonyl (C=O) groups excluding carboxylic acids is 1. The van der Waals surface area contributed by atoms with Crippen LogP contribution in [0.2, 0.25) is 0 Å². The van der Waals surface area contributed by atoms with Crippen LogP contribution in [-0.4, -0.2) is 28.0 Å². The van der Waals surface area contributed by atoms with Crippen LogP contribution in [0.3, 0.4) is 0 Å². The molecule has 1 aliphatic carbocycles. The maximum absolute atomic E-state index is 12.2. The third-order valence-corrected chi connectivity index (χ3v) is 6.39. The van der Waals surface area contributed by atoms with Crippen LogP contribution in [0.5, 0.6) is 0 Å². The summed E-state index contributed by atoms with van der Waals surface area (Å²) in [6.45, 7) is 10.3. The maximum atomic E-state index is 12.2. The number of hydrogen-bond donors (Lipinski definition) is 2. The van der Waals surface area contributed by atoms with E-state index in [1.807, 2.05) is 26.1 Å². The highest BCUT2D eigenvalue weighted by Crippen LogP contribution is 2.36. The Morgan fingerprint density at radius 2 is 2.03 bits per heavy atom. The normalized spacial score (nSPS) is 15.9. The number of amides is 2. The van der Waals surface area contributed by atoms with Crippen molar-refractivity contribution in [1.29, 1.82) is 0 Å². The number of fused-ring (bicyclic) bond motifs is 2. The van der Waals surface area contributed by atoms with Gasteiger partial charge in [-0.25, -0.2) is 4.79 Å². The Morgan fingerprint density at radius 1 is 1.23 bits per heavy atom. The molecule has 1 aromatic rings. The van der Waals surface area contributed by atoms with Crippen LogP contribution in [0.4, 0.5) is 9.93 Å². The van der Waals surface area contributed by atoms with E-state index in [-0.39, 0.29) is 12.1 Å². The first kappa shape index (κ1) is 24.1. The van der Waals surface area contributed by atoms with Gasteiger partial charge >= 0.3 is 6.03 Å². The molecule has 0 saturated heterocycles. The van der Waals surface area contributed by atoms with Crippen molar-refractivity contribution in [2.45, 2.75) is 70.7 Å². The zero-order chi connectivity index (χ0) is 21.9.